The first-order chi connectivity index (χ1) is 6.88. The van der Waals surface area contributed by atoms with Gasteiger partial charge in [-0.05, 0) is 0 Å². The number of rotatable bonds is 2. The summed E-state index contributed by atoms with van der Waals surface area (Å²) in [6.45, 7) is 0. The Morgan fingerprint density at radius 1 is 0.786 bits per heavy atom. The lowest BCUT2D eigenvalue weighted by atomic mass is 10.5. The molecule has 0 unspecified atom stereocenters. The van der Waals surface area contributed by atoms with Crippen molar-refractivity contribution in [2.75, 3.05) is 0 Å². The van der Waals surface area contributed by atoms with Crippen LogP contribution in [0.3, 0.4) is 0 Å². The van der Waals surface area contributed by atoms with Crippen molar-refractivity contribution in [1.82, 2.24) is 9.97 Å². The molecule has 0 amide bonds. The molecule has 14 heavy (non-hydrogen) atoms. The van der Waals surface area contributed by atoms with Crippen LogP contribution in [0.4, 0.5) is 0 Å². The molecule has 70 valence electrons. The van der Waals surface area contributed by atoms with E-state index in [0.717, 1.165) is 9.79 Å². The highest BCUT2D eigenvalue weighted by Gasteiger charge is 2.12. The summed E-state index contributed by atoms with van der Waals surface area (Å²) in [5.74, 6) is 0. The van der Waals surface area contributed by atoms with Crippen molar-refractivity contribution in [3.8, 4) is 0 Å². The van der Waals surface area contributed by atoms with E-state index >= 15 is 0 Å². The monoisotopic (exact) mass is 204 g/mol. The molecular formula is C10H8N2OS. The second-order valence-electron chi connectivity index (χ2n) is 2.63. The number of nitrogens with zero attached hydrogens (tertiary/aromatic N) is 2. The predicted octanol–water partition coefficient (Wildman–Crippen LogP) is 1.64. The second-order valence-corrected chi connectivity index (χ2v) is 4.11. The molecule has 0 aliphatic heterocycles. The summed E-state index contributed by atoms with van der Waals surface area (Å²) in [4.78, 5) is 9.26. The third-order valence-electron chi connectivity index (χ3n) is 1.73. The molecule has 0 atom stereocenters. The summed E-state index contributed by atoms with van der Waals surface area (Å²) in [6, 6.07) is 6.99. The van der Waals surface area contributed by atoms with Gasteiger partial charge >= 0.3 is 0 Å². The average molecular weight is 204 g/mol. The third-order valence-corrected chi connectivity index (χ3v) is 3.13. The molecule has 0 saturated heterocycles. The van der Waals surface area contributed by atoms with Gasteiger partial charge in [0.2, 0.25) is 0 Å². The molecule has 0 spiro atoms. The molecular weight excluding hydrogens is 196 g/mol. The minimum atomic E-state index is -1.13. The minimum Gasteiger partial charge on any atom is -0.606 e. The molecule has 2 rings (SSSR count). The zero-order chi connectivity index (χ0) is 9.80. The van der Waals surface area contributed by atoms with Gasteiger partial charge in [0.05, 0.1) is 0 Å². The fraction of sp³-hybridized carbons (Fsp3) is 0. The highest BCUT2D eigenvalue weighted by Crippen LogP contribution is 2.18. The summed E-state index contributed by atoms with van der Waals surface area (Å²) in [5.41, 5.74) is 0. The van der Waals surface area contributed by atoms with Crippen molar-refractivity contribution in [2.24, 2.45) is 0 Å². The smallest absolute Gasteiger partial charge is 0.161 e. The maximum atomic E-state index is 11.9. The molecule has 3 nitrogen and oxygen atoms in total. The maximum Gasteiger partial charge on any atom is 0.161 e. The van der Waals surface area contributed by atoms with Crippen LogP contribution in [-0.2, 0) is 11.2 Å². The van der Waals surface area contributed by atoms with Crippen molar-refractivity contribution in [3.63, 3.8) is 0 Å². The Bertz CT molecular complexity index is 354. The first kappa shape index (κ1) is 9.18. The van der Waals surface area contributed by atoms with Crippen molar-refractivity contribution in [1.29, 1.82) is 0 Å². The fourth-order valence-corrected chi connectivity index (χ4v) is 2.07. The molecule has 0 aliphatic carbocycles. The molecule has 2 aromatic rings. The Morgan fingerprint density at radius 3 is 1.50 bits per heavy atom. The number of hydrogen-bond donors (Lipinski definition) is 0. The molecule has 0 aliphatic rings. The number of pyridine rings is 2. The van der Waals surface area contributed by atoms with Crippen LogP contribution in [0.1, 0.15) is 0 Å². The van der Waals surface area contributed by atoms with Crippen molar-refractivity contribution in [3.05, 3.63) is 49.1 Å². The molecule has 0 radical (unpaired) electrons. The van der Waals surface area contributed by atoms with Gasteiger partial charge in [0.15, 0.2) is 9.79 Å². The lowest BCUT2D eigenvalue weighted by Gasteiger charge is -2.08. The normalized spacial score (nSPS) is 10.4. The highest BCUT2D eigenvalue weighted by molar-refractivity contribution is 7.91. The summed E-state index contributed by atoms with van der Waals surface area (Å²) in [5, 5.41) is 0. The van der Waals surface area contributed by atoms with Crippen molar-refractivity contribution in [2.45, 2.75) is 9.79 Å². The summed E-state index contributed by atoms with van der Waals surface area (Å²) in [7, 11) is 0. The fourth-order valence-electron chi connectivity index (χ4n) is 1.06. The van der Waals surface area contributed by atoms with Gasteiger partial charge in [0, 0.05) is 60.2 Å². The van der Waals surface area contributed by atoms with Gasteiger partial charge in [0.25, 0.3) is 0 Å². The third kappa shape index (κ3) is 1.92. The number of aromatic nitrogens is 2. The Balaban J connectivity index is 2.30. The summed E-state index contributed by atoms with van der Waals surface area (Å²) in [6.07, 6.45) is 6.53. The zero-order valence-electron chi connectivity index (χ0n) is 7.33. The summed E-state index contributed by atoms with van der Waals surface area (Å²) >= 11 is -1.13. The van der Waals surface area contributed by atoms with E-state index in [1.54, 1.807) is 49.1 Å². The first-order valence-corrected chi connectivity index (χ1v) is 5.25. The van der Waals surface area contributed by atoms with E-state index in [1.165, 1.54) is 0 Å². The van der Waals surface area contributed by atoms with Gasteiger partial charge in [0.1, 0.15) is 0 Å². The zero-order valence-corrected chi connectivity index (χ0v) is 8.15. The van der Waals surface area contributed by atoms with E-state index in [9.17, 15) is 4.55 Å². The van der Waals surface area contributed by atoms with E-state index in [4.69, 9.17) is 0 Å². The van der Waals surface area contributed by atoms with Crippen LogP contribution in [0.15, 0.2) is 58.8 Å². The van der Waals surface area contributed by atoms with Gasteiger partial charge in [-0.15, -0.1) is 0 Å². The molecule has 2 heterocycles. The van der Waals surface area contributed by atoms with E-state index in [0.29, 0.717) is 0 Å². The van der Waals surface area contributed by atoms with Crippen LogP contribution in [0.5, 0.6) is 0 Å². The Morgan fingerprint density at radius 2 is 1.14 bits per heavy atom. The Kier molecular flexibility index (Phi) is 2.76. The molecule has 0 saturated carbocycles. The van der Waals surface area contributed by atoms with Crippen LogP contribution in [0.2, 0.25) is 0 Å². The van der Waals surface area contributed by atoms with Crippen LogP contribution in [0.25, 0.3) is 0 Å². The standard InChI is InChI=1S/C10H8N2OS/c13-14(9-1-5-11-6-2-9)10-3-7-12-8-4-10/h1-8H. The quantitative estimate of drug-likeness (QED) is 0.699. The van der Waals surface area contributed by atoms with Crippen LogP contribution in [-0.4, -0.2) is 14.5 Å². The van der Waals surface area contributed by atoms with E-state index in [2.05, 4.69) is 9.97 Å². The van der Waals surface area contributed by atoms with E-state index in [-0.39, 0.29) is 0 Å². The first-order valence-electron chi connectivity index (χ1n) is 4.10. The predicted molar refractivity (Wildman–Crippen MR) is 53.1 cm³/mol. The van der Waals surface area contributed by atoms with Crippen LogP contribution in [0, 0.1) is 0 Å². The van der Waals surface area contributed by atoms with E-state index < -0.39 is 11.2 Å². The van der Waals surface area contributed by atoms with E-state index in [1.807, 2.05) is 0 Å². The Hall–Kier alpha value is -1.39. The number of hydrogen-bond acceptors (Lipinski definition) is 3. The molecule has 2 aromatic heterocycles. The van der Waals surface area contributed by atoms with Gasteiger partial charge < -0.3 is 4.55 Å². The SMILES string of the molecule is [O-][S+](c1ccncc1)c1ccncc1. The van der Waals surface area contributed by atoms with Crippen molar-refractivity contribution < 1.29 is 4.55 Å². The highest BCUT2D eigenvalue weighted by atomic mass is 32.2. The molecule has 0 aromatic carbocycles. The van der Waals surface area contributed by atoms with Crippen LogP contribution >= 0.6 is 0 Å². The molecule has 4 heteroatoms. The van der Waals surface area contributed by atoms with Gasteiger partial charge in [-0.2, -0.15) is 0 Å². The largest absolute Gasteiger partial charge is 0.606 e. The van der Waals surface area contributed by atoms with Gasteiger partial charge in [-0.25, -0.2) is 0 Å². The van der Waals surface area contributed by atoms with Gasteiger partial charge in [-0.3, -0.25) is 9.97 Å². The summed E-state index contributed by atoms with van der Waals surface area (Å²) < 4.78 is 11.9. The lowest BCUT2D eigenvalue weighted by molar-refractivity contribution is 0.595. The topological polar surface area (TPSA) is 48.8 Å². The van der Waals surface area contributed by atoms with Crippen molar-refractivity contribution >= 4 is 11.2 Å². The maximum absolute atomic E-state index is 11.9. The minimum absolute atomic E-state index is 0.756. The molecule has 0 N–H and O–H groups in total. The second kappa shape index (κ2) is 4.21. The average Bonchev–Trinajstić information content (AvgIpc) is 2.30. The van der Waals surface area contributed by atoms with Crippen LogP contribution < -0.4 is 0 Å². The van der Waals surface area contributed by atoms with Gasteiger partial charge in [-0.1, -0.05) is 0 Å². The molecule has 0 fully saturated rings. The Labute approximate surface area is 85.0 Å². The lowest BCUT2D eigenvalue weighted by Crippen LogP contribution is -2.01. The molecule has 0 bridgehead atoms.